The van der Waals surface area contributed by atoms with Gasteiger partial charge >= 0.3 is 0 Å². The van der Waals surface area contributed by atoms with E-state index in [9.17, 15) is 5.11 Å². The third kappa shape index (κ3) is 1.49. The standard InChI is InChI=1S/C12H7N3O/c13-6-8(7-14)5-11-12(16)9-3-1-2-4-10(9)15-11/h1-5,15-16H/p-1. The van der Waals surface area contributed by atoms with Crippen LogP contribution in [-0.2, 0) is 0 Å². The summed E-state index contributed by atoms with van der Waals surface area (Å²) in [5.41, 5.74) is 0.872. The van der Waals surface area contributed by atoms with Gasteiger partial charge < -0.3 is 10.1 Å². The van der Waals surface area contributed by atoms with E-state index in [1.807, 2.05) is 0 Å². The molecule has 1 aromatic carbocycles. The molecule has 0 spiro atoms. The molecule has 0 unspecified atom stereocenters. The molecule has 0 fully saturated rings. The number of aromatic nitrogens is 1. The lowest BCUT2D eigenvalue weighted by atomic mass is 10.2. The van der Waals surface area contributed by atoms with Gasteiger partial charge in [-0.05, 0) is 17.5 Å². The number of H-pyrrole nitrogens is 1. The monoisotopic (exact) mass is 208 g/mol. The molecule has 0 atom stereocenters. The van der Waals surface area contributed by atoms with Crippen molar-refractivity contribution in [2.75, 3.05) is 0 Å². The number of nitrogens with zero attached hydrogens (tertiary/aromatic N) is 2. The first kappa shape index (κ1) is 9.82. The van der Waals surface area contributed by atoms with Crippen LogP contribution in [-0.4, -0.2) is 4.98 Å². The third-order valence-electron chi connectivity index (χ3n) is 2.22. The van der Waals surface area contributed by atoms with Crippen molar-refractivity contribution in [3.05, 3.63) is 35.5 Å². The zero-order valence-electron chi connectivity index (χ0n) is 8.19. The molecule has 76 valence electrons. The van der Waals surface area contributed by atoms with E-state index in [4.69, 9.17) is 10.5 Å². The van der Waals surface area contributed by atoms with Crippen molar-refractivity contribution < 1.29 is 5.11 Å². The predicted octanol–water partition coefficient (Wildman–Crippen LogP) is 1.67. The maximum absolute atomic E-state index is 11.8. The zero-order valence-corrected chi connectivity index (χ0v) is 8.19. The number of nitrogens with one attached hydrogen (secondary N) is 1. The van der Waals surface area contributed by atoms with Crippen LogP contribution in [0.4, 0.5) is 0 Å². The van der Waals surface area contributed by atoms with E-state index in [2.05, 4.69) is 4.98 Å². The first-order valence-corrected chi connectivity index (χ1v) is 4.56. The zero-order chi connectivity index (χ0) is 11.5. The molecule has 1 heterocycles. The van der Waals surface area contributed by atoms with Gasteiger partial charge in [-0.2, -0.15) is 10.5 Å². The molecule has 4 heteroatoms. The molecule has 0 radical (unpaired) electrons. The van der Waals surface area contributed by atoms with E-state index >= 15 is 0 Å². The van der Waals surface area contributed by atoms with Crippen molar-refractivity contribution in [1.82, 2.24) is 4.98 Å². The van der Waals surface area contributed by atoms with Gasteiger partial charge in [-0.25, -0.2) is 0 Å². The van der Waals surface area contributed by atoms with Gasteiger partial charge in [-0.15, -0.1) is 0 Å². The summed E-state index contributed by atoms with van der Waals surface area (Å²) in [6.45, 7) is 0. The molecule has 1 aromatic heterocycles. The lowest BCUT2D eigenvalue weighted by Gasteiger charge is -2.03. The van der Waals surface area contributed by atoms with E-state index in [1.54, 1.807) is 36.4 Å². The summed E-state index contributed by atoms with van der Waals surface area (Å²) in [5.74, 6) is -0.196. The molecular formula is C12H6N3O-. The van der Waals surface area contributed by atoms with Gasteiger partial charge in [-0.3, -0.25) is 0 Å². The Labute approximate surface area is 91.7 Å². The van der Waals surface area contributed by atoms with Crippen LogP contribution < -0.4 is 5.11 Å². The molecule has 0 bridgehead atoms. The highest BCUT2D eigenvalue weighted by Crippen LogP contribution is 2.27. The maximum atomic E-state index is 11.8. The molecule has 0 saturated carbocycles. The molecule has 4 nitrogen and oxygen atoms in total. The maximum Gasteiger partial charge on any atom is 0.131 e. The molecular weight excluding hydrogens is 202 g/mol. The van der Waals surface area contributed by atoms with Crippen LogP contribution in [0.2, 0.25) is 0 Å². The van der Waals surface area contributed by atoms with E-state index in [-0.39, 0.29) is 17.0 Å². The molecule has 0 aliphatic heterocycles. The minimum atomic E-state index is -0.196. The summed E-state index contributed by atoms with van der Waals surface area (Å²) >= 11 is 0. The van der Waals surface area contributed by atoms with Crippen molar-refractivity contribution in [2.24, 2.45) is 0 Å². The molecule has 0 saturated heterocycles. The summed E-state index contributed by atoms with van der Waals surface area (Å²) < 4.78 is 0. The van der Waals surface area contributed by atoms with Crippen molar-refractivity contribution in [3.8, 4) is 17.9 Å². The Morgan fingerprint density at radius 2 is 1.94 bits per heavy atom. The molecule has 1 N–H and O–H groups in total. The van der Waals surface area contributed by atoms with Crippen LogP contribution in [0, 0.1) is 22.7 Å². The Morgan fingerprint density at radius 3 is 2.56 bits per heavy atom. The Bertz CT molecular complexity index is 637. The first-order valence-electron chi connectivity index (χ1n) is 4.56. The second kappa shape index (κ2) is 3.80. The van der Waals surface area contributed by atoms with Gasteiger partial charge in [0.1, 0.15) is 17.7 Å². The largest absolute Gasteiger partial charge is 0.871 e. The Morgan fingerprint density at radius 1 is 1.25 bits per heavy atom. The third-order valence-corrected chi connectivity index (χ3v) is 2.22. The average molecular weight is 208 g/mol. The average Bonchev–Trinajstić information content (AvgIpc) is 2.64. The number of aromatic amines is 1. The number of benzene rings is 1. The summed E-state index contributed by atoms with van der Waals surface area (Å²) in [6, 6.07) is 10.5. The van der Waals surface area contributed by atoms with E-state index < -0.39 is 0 Å². The Hall–Kier alpha value is -2.72. The fourth-order valence-corrected chi connectivity index (χ4v) is 1.47. The van der Waals surface area contributed by atoms with Gasteiger partial charge in [0.05, 0.1) is 0 Å². The highest BCUT2D eigenvalue weighted by molar-refractivity contribution is 5.90. The number of nitriles is 2. The van der Waals surface area contributed by atoms with E-state index in [0.29, 0.717) is 10.9 Å². The highest BCUT2D eigenvalue weighted by Gasteiger charge is 2.02. The quantitative estimate of drug-likeness (QED) is 0.723. The Kier molecular flexibility index (Phi) is 2.33. The van der Waals surface area contributed by atoms with Crippen LogP contribution in [0.3, 0.4) is 0 Å². The van der Waals surface area contributed by atoms with Crippen LogP contribution in [0.15, 0.2) is 29.8 Å². The topological polar surface area (TPSA) is 86.4 Å². The summed E-state index contributed by atoms with van der Waals surface area (Å²) in [4.78, 5) is 2.87. The first-order chi connectivity index (χ1) is 7.76. The smallest absolute Gasteiger partial charge is 0.131 e. The molecule has 0 aliphatic carbocycles. The van der Waals surface area contributed by atoms with Gasteiger partial charge in [0.15, 0.2) is 0 Å². The summed E-state index contributed by atoms with van der Waals surface area (Å²) in [5, 5.41) is 29.6. The van der Waals surface area contributed by atoms with E-state index in [1.165, 1.54) is 6.08 Å². The van der Waals surface area contributed by atoms with Crippen LogP contribution in [0.25, 0.3) is 17.0 Å². The number of hydrogen-bond donors (Lipinski definition) is 1. The fourth-order valence-electron chi connectivity index (χ4n) is 1.47. The van der Waals surface area contributed by atoms with Crippen LogP contribution >= 0.6 is 0 Å². The van der Waals surface area contributed by atoms with Gasteiger partial charge in [0, 0.05) is 11.2 Å². The number of para-hydroxylation sites is 1. The lowest BCUT2D eigenvalue weighted by Crippen LogP contribution is -1.90. The SMILES string of the molecule is N#CC(C#N)=Cc1[nH]c2ccccc2c1[O-]. The number of allylic oxidation sites excluding steroid dienone is 1. The number of fused-ring (bicyclic) bond motifs is 1. The second-order valence-corrected chi connectivity index (χ2v) is 3.20. The van der Waals surface area contributed by atoms with Crippen molar-refractivity contribution in [2.45, 2.75) is 0 Å². The van der Waals surface area contributed by atoms with Gasteiger partial charge in [0.2, 0.25) is 0 Å². The summed E-state index contributed by atoms with van der Waals surface area (Å²) in [6.07, 6.45) is 1.27. The number of rotatable bonds is 1. The van der Waals surface area contributed by atoms with Crippen molar-refractivity contribution >= 4 is 17.0 Å². The summed E-state index contributed by atoms with van der Waals surface area (Å²) in [7, 11) is 0. The van der Waals surface area contributed by atoms with Gasteiger partial charge in [-0.1, -0.05) is 23.9 Å². The predicted molar refractivity (Wildman–Crippen MR) is 56.9 cm³/mol. The second-order valence-electron chi connectivity index (χ2n) is 3.20. The highest BCUT2D eigenvalue weighted by atomic mass is 16.3. The normalized spacial score (nSPS) is 9.38. The number of hydrogen-bond acceptors (Lipinski definition) is 3. The lowest BCUT2D eigenvalue weighted by molar-refractivity contribution is -0.266. The van der Waals surface area contributed by atoms with Crippen LogP contribution in [0.1, 0.15) is 5.69 Å². The van der Waals surface area contributed by atoms with Crippen molar-refractivity contribution in [1.29, 1.82) is 10.5 Å². The molecule has 2 aromatic rings. The van der Waals surface area contributed by atoms with Gasteiger partial charge in [0.25, 0.3) is 0 Å². The van der Waals surface area contributed by atoms with Crippen LogP contribution in [0.5, 0.6) is 5.75 Å². The molecule has 2 rings (SSSR count). The fraction of sp³-hybridized carbons (Fsp3) is 0. The molecule has 16 heavy (non-hydrogen) atoms. The van der Waals surface area contributed by atoms with E-state index in [0.717, 1.165) is 0 Å². The van der Waals surface area contributed by atoms with Crippen molar-refractivity contribution in [3.63, 3.8) is 0 Å². The minimum absolute atomic E-state index is 0.0938. The Balaban J connectivity index is 2.65. The molecule has 0 aliphatic rings. The minimum Gasteiger partial charge on any atom is -0.871 e. The molecule has 0 amide bonds.